The summed E-state index contributed by atoms with van der Waals surface area (Å²) in [7, 11) is 0. The van der Waals surface area contributed by atoms with Gasteiger partial charge in [0, 0.05) is 20.9 Å². The van der Waals surface area contributed by atoms with Gasteiger partial charge in [0.25, 0.3) is 0 Å². The predicted molar refractivity (Wildman–Crippen MR) is 81.0 cm³/mol. The van der Waals surface area contributed by atoms with Crippen LogP contribution in [0.5, 0.6) is 0 Å². The van der Waals surface area contributed by atoms with Gasteiger partial charge in [0.15, 0.2) is 5.78 Å². The van der Waals surface area contributed by atoms with Crippen LogP contribution in [0, 0.1) is 12.7 Å². The third-order valence-electron chi connectivity index (χ3n) is 2.84. The molecule has 0 N–H and O–H groups in total. The summed E-state index contributed by atoms with van der Waals surface area (Å²) in [5.74, 6) is -0.268. The first-order valence-electron chi connectivity index (χ1n) is 5.70. The minimum absolute atomic E-state index is 0.0108. The van der Waals surface area contributed by atoms with Gasteiger partial charge in [-0.2, -0.15) is 0 Å². The Kier molecular flexibility index (Phi) is 4.53. The molecule has 0 aliphatic rings. The number of carbonyl (C=O) groups is 1. The van der Waals surface area contributed by atoms with Gasteiger partial charge >= 0.3 is 0 Å². The summed E-state index contributed by atoms with van der Waals surface area (Å²) >= 11 is 6.72. The molecule has 0 saturated heterocycles. The summed E-state index contributed by atoms with van der Waals surface area (Å²) in [5.41, 5.74) is 2.27. The van der Waals surface area contributed by atoms with Crippen LogP contribution in [0.25, 0.3) is 0 Å². The van der Waals surface area contributed by atoms with Crippen LogP contribution in [0.2, 0.25) is 0 Å². The van der Waals surface area contributed by atoms with Crippen molar-refractivity contribution in [2.24, 2.45) is 0 Å². The molecule has 1 nitrogen and oxygen atoms in total. The molecule has 0 aromatic heterocycles. The first-order chi connectivity index (χ1) is 8.95. The molecule has 2 aromatic rings. The Bertz CT molecular complexity index is 618. The van der Waals surface area contributed by atoms with E-state index in [1.807, 2.05) is 13.0 Å². The third-order valence-corrected chi connectivity index (χ3v) is 3.76. The monoisotopic (exact) mass is 384 g/mol. The van der Waals surface area contributed by atoms with E-state index in [-0.39, 0.29) is 18.0 Å². The molecular formula is C15H11Br2FO. The summed E-state index contributed by atoms with van der Waals surface area (Å²) < 4.78 is 14.7. The zero-order valence-corrected chi connectivity index (χ0v) is 13.4. The fourth-order valence-corrected chi connectivity index (χ4v) is 3.14. The highest BCUT2D eigenvalue weighted by molar-refractivity contribution is 9.11. The van der Waals surface area contributed by atoms with Crippen LogP contribution in [-0.2, 0) is 6.42 Å². The van der Waals surface area contributed by atoms with Gasteiger partial charge in [-0.1, -0.05) is 37.9 Å². The molecule has 0 bridgehead atoms. The number of benzene rings is 2. The molecule has 0 fully saturated rings. The highest BCUT2D eigenvalue weighted by Gasteiger charge is 2.10. The minimum Gasteiger partial charge on any atom is -0.294 e. The second-order valence-corrected chi connectivity index (χ2v) is 6.16. The molecule has 0 heterocycles. The summed E-state index contributed by atoms with van der Waals surface area (Å²) in [5, 5.41) is 0. The Hall–Kier alpha value is -1.000. The minimum atomic E-state index is -0.279. The van der Waals surface area contributed by atoms with Gasteiger partial charge in [0.1, 0.15) is 5.82 Å². The van der Waals surface area contributed by atoms with Crippen LogP contribution in [-0.4, -0.2) is 5.78 Å². The lowest BCUT2D eigenvalue weighted by atomic mass is 9.99. The fraction of sp³-hybridized carbons (Fsp3) is 0.133. The average molecular weight is 386 g/mol. The van der Waals surface area contributed by atoms with E-state index in [0.29, 0.717) is 5.56 Å². The maximum absolute atomic E-state index is 13.0. The molecule has 0 aliphatic heterocycles. The van der Waals surface area contributed by atoms with Crippen molar-refractivity contribution in [3.05, 3.63) is 67.9 Å². The molecule has 0 aliphatic carbocycles. The lowest BCUT2D eigenvalue weighted by Gasteiger charge is -2.06. The van der Waals surface area contributed by atoms with Crippen LogP contribution in [0.4, 0.5) is 4.39 Å². The van der Waals surface area contributed by atoms with Crippen molar-refractivity contribution >= 4 is 37.6 Å². The molecule has 2 aromatic carbocycles. The Morgan fingerprint density at radius 2 is 1.74 bits per heavy atom. The Morgan fingerprint density at radius 3 is 2.32 bits per heavy atom. The molecule has 0 spiro atoms. The zero-order chi connectivity index (χ0) is 14.0. The molecule has 0 saturated carbocycles. The Labute approximate surface area is 128 Å². The smallest absolute Gasteiger partial charge is 0.167 e. The van der Waals surface area contributed by atoms with Crippen molar-refractivity contribution in [1.29, 1.82) is 0 Å². The van der Waals surface area contributed by atoms with Crippen LogP contribution in [0.1, 0.15) is 21.5 Å². The van der Waals surface area contributed by atoms with Gasteiger partial charge in [-0.05, 0) is 48.4 Å². The number of hydrogen-bond acceptors (Lipinski definition) is 1. The average Bonchev–Trinajstić information content (AvgIpc) is 2.31. The summed E-state index contributed by atoms with van der Waals surface area (Å²) in [6, 6.07) is 9.93. The van der Waals surface area contributed by atoms with Crippen LogP contribution in [0.3, 0.4) is 0 Å². The maximum atomic E-state index is 13.0. The Balaban J connectivity index is 2.25. The van der Waals surface area contributed by atoms with E-state index in [2.05, 4.69) is 31.9 Å². The highest BCUT2D eigenvalue weighted by Crippen LogP contribution is 2.22. The number of ketones is 1. The summed E-state index contributed by atoms with van der Waals surface area (Å²) in [6.07, 6.45) is 0.273. The Morgan fingerprint density at radius 1 is 1.11 bits per heavy atom. The highest BCUT2D eigenvalue weighted by atomic mass is 79.9. The SMILES string of the molecule is Cc1cc(F)ccc1CC(=O)c1cc(Br)cc(Br)c1. The van der Waals surface area contributed by atoms with Crippen molar-refractivity contribution < 1.29 is 9.18 Å². The van der Waals surface area contributed by atoms with Gasteiger partial charge in [0.2, 0.25) is 0 Å². The van der Waals surface area contributed by atoms with Crippen LogP contribution >= 0.6 is 31.9 Å². The summed E-state index contributed by atoms with van der Waals surface area (Å²) in [4.78, 5) is 12.2. The van der Waals surface area contributed by atoms with E-state index in [1.54, 1.807) is 18.2 Å². The van der Waals surface area contributed by atoms with Gasteiger partial charge in [-0.25, -0.2) is 4.39 Å². The van der Waals surface area contributed by atoms with E-state index in [4.69, 9.17) is 0 Å². The standard InChI is InChI=1S/C15H11Br2FO/c1-9-4-14(18)3-2-10(9)7-15(19)11-5-12(16)8-13(17)6-11/h2-6,8H,7H2,1H3. The largest absolute Gasteiger partial charge is 0.294 e. The van der Waals surface area contributed by atoms with Crippen molar-refractivity contribution in [3.63, 3.8) is 0 Å². The topological polar surface area (TPSA) is 17.1 Å². The maximum Gasteiger partial charge on any atom is 0.167 e. The number of aryl methyl sites for hydroxylation is 1. The normalized spacial score (nSPS) is 10.5. The van der Waals surface area contributed by atoms with Gasteiger partial charge in [0.05, 0.1) is 0 Å². The molecule has 0 atom stereocenters. The van der Waals surface area contributed by atoms with Crippen LogP contribution < -0.4 is 0 Å². The lowest BCUT2D eigenvalue weighted by molar-refractivity contribution is 0.0992. The molecule has 0 radical (unpaired) electrons. The first kappa shape index (κ1) is 14.4. The molecule has 2 rings (SSSR count). The number of rotatable bonds is 3. The quantitative estimate of drug-likeness (QED) is 0.673. The van der Waals surface area contributed by atoms with Crippen LogP contribution in [0.15, 0.2) is 45.3 Å². The number of halogens is 3. The van der Waals surface area contributed by atoms with Gasteiger partial charge < -0.3 is 0 Å². The molecule has 19 heavy (non-hydrogen) atoms. The van der Waals surface area contributed by atoms with Gasteiger partial charge in [-0.15, -0.1) is 0 Å². The van der Waals surface area contributed by atoms with Crippen molar-refractivity contribution in [1.82, 2.24) is 0 Å². The number of Topliss-reactive ketones (excluding diaryl/α,β-unsaturated/α-hetero) is 1. The molecular weight excluding hydrogens is 375 g/mol. The van der Waals surface area contributed by atoms with Crippen molar-refractivity contribution in [2.75, 3.05) is 0 Å². The molecule has 0 unspecified atom stereocenters. The van der Waals surface area contributed by atoms with E-state index < -0.39 is 0 Å². The van der Waals surface area contributed by atoms with E-state index in [0.717, 1.165) is 20.1 Å². The van der Waals surface area contributed by atoms with Crippen molar-refractivity contribution in [2.45, 2.75) is 13.3 Å². The van der Waals surface area contributed by atoms with Gasteiger partial charge in [-0.3, -0.25) is 4.79 Å². The molecule has 4 heteroatoms. The second-order valence-electron chi connectivity index (χ2n) is 4.33. The van der Waals surface area contributed by atoms with E-state index >= 15 is 0 Å². The summed E-state index contributed by atoms with van der Waals surface area (Å²) in [6.45, 7) is 1.81. The second kappa shape index (κ2) is 5.97. The number of carbonyl (C=O) groups excluding carboxylic acids is 1. The number of hydrogen-bond donors (Lipinski definition) is 0. The molecule has 98 valence electrons. The molecule has 0 amide bonds. The van der Waals surface area contributed by atoms with E-state index in [9.17, 15) is 9.18 Å². The third kappa shape index (κ3) is 3.74. The lowest BCUT2D eigenvalue weighted by Crippen LogP contribution is -2.05. The van der Waals surface area contributed by atoms with Crippen molar-refractivity contribution in [3.8, 4) is 0 Å². The fourth-order valence-electron chi connectivity index (χ4n) is 1.85. The van der Waals surface area contributed by atoms with E-state index in [1.165, 1.54) is 12.1 Å². The zero-order valence-electron chi connectivity index (χ0n) is 10.2. The predicted octanol–water partition coefficient (Wildman–Crippen LogP) is 5.08. The first-order valence-corrected chi connectivity index (χ1v) is 7.28.